The maximum Gasteiger partial charge on any atom is 0.291 e. The molecule has 1 aromatic carbocycles. The zero-order chi connectivity index (χ0) is 16.4. The molecular weight excluding hydrogens is 292 g/mol. The SMILES string of the molecule is Cc1cccc(-n2nc(C(=O)NC(C)C)nc2-c2ccco2)c1. The number of nitrogens with zero attached hydrogens (tertiary/aromatic N) is 3. The van der Waals surface area contributed by atoms with E-state index < -0.39 is 0 Å². The van der Waals surface area contributed by atoms with Crippen LogP contribution in [0.4, 0.5) is 0 Å². The van der Waals surface area contributed by atoms with Gasteiger partial charge < -0.3 is 9.73 Å². The fourth-order valence-corrected chi connectivity index (χ4v) is 2.24. The molecular formula is C17H18N4O2. The Morgan fingerprint density at radius 2 is 2.09 bits per heavy atom. The molecule has 0 aliphatic rings. The van der Waals surface area contributed by atoms with Gasteiger partial charge in [0.2, 0.25) is 5.82 Å². The molecule has 0 aliphatic heterocycles. The first-order valence-electron chi connectivity index (χ1n) is 7.43. The summed E-state index contributed by atoms with van der Waals surface area (Å²) in [5.74, 6) is 0.864. The number of furan rings is 1. The number of nitrogens with one attached hydrogen (secondary N) is 1. The number of aromatic nitrogens is 3. The van der Waals surface area contributed by atoms with Crippen molar-refractivity contribution >= 4 is 5.91 Å². The van der Waals surface area contributed by atoms with Crippen molar-refractivity contribution in [3.63, 3.8) is 0 Å². The highest BCUT2D eigenvalue weighted by Crippen LogP contribution is 2.22. The number of hydrogen-bond acceptors (Lipinski definition) is 4. The molecule has 118 valence electrons. The van der Waals surface area contributed by atoms with Crippen LogP contribution in [0.3, 0.4) is 0 Å². The van der Waals surface area contributed by atoms with Gasteiger partial charge in [-0.05, 0) is 50.6 Å². The lowest BCUT2D eigenvalue weighted by Crippen LogP contribution is -2.31. The summed E-state index contributed by atoms with van der Waals surface area (Å²) < 4.78 is 7.06. The van der Waals surface area contributed by atoms with Crippen molar-refractivity contribution in [3.8, 4) is 17.3 Å². The zero-order valence-electron chi connectivity index (χ0n) is 13.3. The normalized spacial score (nSPS) is 11.0. The third-order valence-electron chi connectivity index (χ3n) is 3.22. The van der Waals surface area contributed by atoms with Crippen molar-refractivity contribution in [1.29, 1.82) is 0 Å². The summed E-state index contributed by atoms with van der Waals surface area (Å²) in [6.07, 6.45) is 1.57. The van der Waals surface area contributed by atoms with Crippen molar-refractivity contribution in [3.05, 3.63) is 54.0 Å². The van der Waals surface area contributed by atoms with E-state index in [-0.39, 0.29) is 17.8 Å². The first-order valence-corrected chi connectivity index (χ1v) is 7.43. The van der Waals surface area contributed by atoms with E-state index in [1.165, 1.54) is 0 Å². The number of benzene rings is 1. The minimum absolute atomic E-state index is 0.0143. The lowest BCUT2D eigenvalue weighted by atomic mass is 10.2. The lowest BCUT2D eigenvalue weighted by Gasteiger charge is -2.05. The van der Waals surface area contributed by atoms with E-state index in [0.29, 0.717) is 11.6 Å². The number of rotatable bonds is 4. The van der Waals surface area contributed by atoms with Crippen LogP contribution in [-0.2, 0) is 0 Å². The average Bonchev–Trinajstić information content (AvgIpc) is 3.16. The minimum atomic E-state index is -0.306. The zero-order valence-corrected chi connectivity index (χ0v) is 13.3. The van der Waals surface area contributed by atoms with E-state index in [1.807, 2.05) is 45.0 Å². The van der Waals surface area contributed by atoms with Gasteiger partial charge in [-0.3, -0.25) is 4.79 Å². The Hall–Kier alpha value is -2.89. The largest absolute Gasteiger partial charge is 0.461 e. The predicted molar refractivity (Wildman–Crippen MR) is 86.4 cm³/mol. The molecule has 0 bridgehead atoms. The van der Waals surface area contributed by atoms with Crippen LogP contribution < -0.4 is 5.32 Å². The van der Waals surface area contributed by atoms with Crippen LogP contribution in [0.5, 0.6) is 0 Å². The highest BCUT2D eigenvalue weighted by atomic mass is 16.3. The molecule has 0 radical (unpaired) electrons. The van der Waals surface area contributed by atoms with Crippen molar-refractivity contribution in [2.75, 3.05) is 0 Å². The Kier molecular flexibility index (Phi) is 3.97. The van der Waals surface area contributed by atoms with Crippen LogP contribution in [0.2, 0.25) is 0 Å². The molecule has 1 N–H and O–H groups in total. The van der Waals surface area contributed by atoms with Gasteiger partial charge in [-0.2, -0.15) is 4.98 Å². The molecule has 3 aromatic rings. The van der Waals surface area contributed by atoms with E-state index in [4.69, 9.17) is 4.42 Å². The molecule has 0 unspecified atom stereocenters. The van der Waals surface area contributed by atoms with Gasteiger partial charge in [-0.25, -0.2) is 4.68 Å². The van der Waals surface area contributed by atoms with Crippen LogP contribution >= 0.6 is 0 Å². The maximum absolute atomic E-state index is 12.2. The summed E-state index contributed by atoms with van der Waals surface area (Å²) in [6, 6.07) is 11.4. The van der Waals surface area contributed by atoms with Crippen molar-refractivity contribution in [1.82, 2.24) is 20.1 Å². The molecule has 0 spiro atoms. The van der Waals surface area contributed by atoms with Gasteiger partial charge in [0.1, 0.15) is 0 Å². The summed E-state index contributed by atoms with van der Waals surface area (Å²) in [7, 11) is 0. The summed E-state index contributed by atoms with van der Waals surface area (Å²) in [6.45, 7) is 5.78. The van der Waals surface area contributed by atoms with Crippen LogP contribution in [0, 0.1) is 6.92 Å². The quantitative estimate of drug-likeness (QED) is 0.804. The maximum atomic E-state index is 12.2. The first-order chi connectivity index (χ1) is 11.0. The highest BCUT2D eigenvalue weighted by molar-refractivity contribution is 5.91. The van der Waals surface area contributed by atoms with Crippen molar-refractivity contribution in [2.24, 2.45) is 0 Å². The Balaban J connectivity index is 2.10. The van der Waals surface area contributed by atoms with Gasteiger partial charge in [0.25, 0.3) is 5.91 Å². The minimum Gasteiger partial charge on any atom is -0.461 e. The number of carbonyl (C=O) groups is 1. The van der Waals surface area contributed by atoms with Gasteiger partial charge in [0.15, 0.2) is 11.6 Å². The number of hydrogen-bond donors (Lipinski definition) is 1. The number of aryl methyl sites for hydroxylation is 1. The van der Waals surface area contributed by atoms with E-state index in [0.717, 1.165) is 11.3 Å². The molecule has 0 fully saturated rings. The Morgan fingerprint density at radius 1 is 1.26 bits per heavy atom. The molecule has 2 aromatic heterocycles. The standard InChI is InChI=1S/C17H18N4O2/c1-11(2)18-17(22)15-19-16(14-8-5-9-23-14)21(20-15)13-7-4-6-12(3)10-13/h4-11H,1-3H3,(H,18,22). The van der Waals surface area contributed by atoms with Crippen LogP contribution in [0.25, 0.3) is 17.3 Å². The van der Waals surface area contributed by atoms with Gasteiger partial charge in [0, 0.05) is 6.04 Å². The van der Waals surface area contributed by atoms with Gasteiger partial charge in [0.05, 0.1) is 12.0 Å². The second-order valence-electron chi connectivity index (χ2n) is 5.62. The molecule has 3 rings (SSSR count). The third kappa shape index (κ3) is 3.15. The molecule has 23 heavy (non-hydrogen) atoms. The molecule has 2 heterocycles. The molecule has 0 aliphatic carbocycles. The van der Waals surface area contributed by atoms with Crippen LogP contribution in [-0.4, -0.2) is 26.7 Å². The molecule has 0 atom stereocenters. The highest BCUT2D eigenvalue weighted by Gasteiger charge is 2.20. The second kappa shape index (κ2) is 6.08. The fraction of sp³-hybridized carbons (Fsp3) is 0.235. The Morgan fingerprint density at radius 3 is 2.74 bits per heavy atom. The van der Waals surface area contributed by atoms with Gasteiger partial charge in [-0.15, -0.1) is 5.10 Å². The fourth-order valence-electron chi connectivity index (χ4n) is 2.24. The smallest absolute Gasteiger partial charge is 0.291 e. The van der Waals surface area contributed by atoms with Crippen molar-refractivity contribution in [2.45, 2.75) is 26.8 Å². The van der Waals surface area contributed by atoms with E-state index in [1.54, 1.807) is 23.1 Å². The Labute approximate surface area is 134 Å². The third-order valence-corrected chi connectivity index (χ3v) is 3.22. The summed E-state index contributed by atoms with van der Waals surface area (Å²) in [5, 5.41) is 7.16. The summed E-state index contributed by atoms with van der Waals surface area (Å²) in [4.78, 5) is 16.6. The summed E-state index contributed by atoms with van der Waals surface area (Å²) >= 11 is 0. The van der Waals surface area contributed by atoms with Crippen molar-refractivity contribution < 1.29 is 9.21 Å². The van der Waals surface area contributed by atoms with Crippen LogP contribution in [0.1, 0.15) is 30.0 Å². The number of amides is 1. The number of carbonyl (C=O) groups excluding carboxylic acids is 1. The molecule has 1 amide bonds. The van der Waals surface area contributed by atoms with E-state index >= 15 is 0 Å². The monoisotopic (exact) mass is 310 g/mol. The van der Waals surface area contributed by atoms with E-state index in [9.17, 15) is 4.79 Å². The summed E-state index contributed by atoms with van der Waals surface area (Å²) in [5.41, 5.74) is 1.92. The first kappa shape index (κ1) is 15.0. The second-order valence-corrected chi connectivity index (χ2v) is 5.62. The Bertz CT molecular complexity index is 819. The molecule has 6 nitrogen and oxygen atoms in total. The molecule has 0 saturated carbocycles. The topological polar surface area (TPSA) is 73.0 Å². The lowest BCUT2D eigenvalue weighted by molar-refractivity contribution is 0.0932. The molecule has 0 saturated heterocycles. The predicted octanol–water partition coefficient (Wildman–Crippen LogP) is 2.97. The average molecular weight is 310 g/mol. The van der Waals surface area contributed by atoms with Gasteiger partial charge in [-0.1, -0.05) is 12.1 Å². The van der Waals surface area contributed by atoms with Gasteiger partial charge >= 0.3 is 0 Å². The van der Waals surface area contributed by atoms with Crippen LogP contribution in [0.15, 0.2) is 47.1 Å². The van der Waals surface area contributed by atoms with E-state index in [2.05, 4.69) is 15.4 Å². The molecule has 6 heteroatoms.